The van der Waals surface area contributed by atoms with E-state index in [0.717, 1.165) is 38.9 Å². The summed E-state index contributed by atoms with van der Waals surface area (Å²) in [5.74, 6) is -0.0165. The lowest BCUT2D eigenvalue weighted by Gasteiger charge is -2.31. The first-order valence-electron chi connectivity index (χ1n) is 7.37. The normalized spacial score (nSPS) is 16.6. The predicted molar refractivity (Wildman–Crippen MR) is 82.3 cm³/mol. The lowest BCUT2D eigenvalue weighted by Crippen LogP contribution is -2.47. The van der Waals surface area contributed by atoms with Gasteiger partial charge < -0.3 is 10.6 Å². The molecule has 1 aliphatic rings. The number of hydrogen-bond acceptors (Lipinski definition) is 5. The number of nitrogens with zero attached hydrogens (tertiary/aromatic N) is 2. The van der Waals surface area contributed by atoms with Crippen LogP contribution in [0.25, 0.3) is 0 Å². The number of likely N-dealkylation sites (tertiary alicyclic amines) is 1. The molecule has 1 aromatic heterocycles. The Balaban J connectivity index is 1.68. The smallest absolute Gasteiger partial charge is 0.270 e. The van der Waals surface area contributed by atoms with Crippen LogP contribution in [0.5, 0.6) is 0 Å². The van der Waals surface area contributed by atoms with Crippen molar-refractivity contribution in [1.82, 2.24) is 20.5 Å². The molecule has 1 saturated heterocycles. The van der Waals surface area contributed by atoms with Gasteiger partial charge in [-0.3, -0.25) is 14.5 Å². The van der Waals surface area contributed by atoms with E-state index in [-0.39, 0.29) is 17.9 Å². The minimum Gasteiger partial charge on any atom is -0.355 e. The van der Waals surface area contributed by atoms with Gasteiger partial charge in [0.25, 0.3) is 5.91 Å². The van der Waals surface area contributed by atoms with Gasteiger partial charge in [-0.2, -0.15) is 0 Å². The highest BCUT2D eigenvalue weighted by Crippen LogP contribution is 2.11. The monoisotopic (exact) mass is 310 g/mol. The Hall–Kier alpha value is -1.47. The fourth-order valence-electron chi connectivity index (χ4n) is 2.34. The lowest BCUT2D eigenvalue weighted by atomic mass is 10.0. The molecule has 2 heterocycles. The van der Waals surface area contributed by atoms with E-state index in [4.69, 9.17) is 0 Å². The van der Waals surface area contributed by atoms with Crippen molar-refractivity contribution in [3.63, 3.8) is 0 Å². The summed E-state index contributed by atoms with van der Waals surface area (Å²) in [7, 11) is 0. The summed E-state index contributed by atoms with van der Waals surface area (Å²) in [5, 5.41) is 7.64. The van der Waals surface area contributed by atoms with Crippen LogP contribution in [0.4, 0.5) is 0 Å². The Bertz CT molecular complexity index is 456. The molecule has 21 heavy (non-hydrogen) atoms. The van der Waals surface area contributed by atoms with Gasteiger partial charge in [0.05, 0.1) is 12.1 Å². The van der Waals surface area contributed by atoms with Gasteiger partial charge in [0.1, 0.15) is 5.69 Å². The second kappa shape index (κ2) is 8.09. The van der Waals surface area contributed by atoms with E-state index in [2.05, 4.69) is 20.5 Å². The number of aromatic nitrogens is 1. The average molecular weight is 310 g/mol. The third-order valence-corrected chi connectivity index (χ3v) is 4.11. The van der Waals surface area contributed by atoms with E-state index >= 15 is 0 Å². The second-order valence-corrected chi connectivity index (χ2v) is 5.97. The van der Waals surface area contributed by atoms with Crippen LogP contribution in [0.3, 0.4) is 0 Å². The van der Waals surface area contributed by atoms with E-state index in [9.17, 15) is 9.59 Å². The van der Waals surface area contributed by atoms with Crippen molar-refractivity contribution in [2.45, 2.75) is 32.2 Å². The van der Waals surface area contributed by atoms with Crippen LogP contribution >= 0.6 is 11.3 Å². The highest BCUT2D eigenvalue weighted by molar-refractivity contribution is 7.07. The molecule has 0 aromatic carbocycles. The molecule has 1 aromatic rings. The van der Waals surface area contributed by atoms with Gasteiger partial charge in [0.2, 0.25) is 5.91 Å². The molecule has 2 rings (SSSR count). The fourth-order valence-corrected chi connectivity index (χ4v) is 2.87. The van der Waals surface area contributed by atoms with E-state index in [1.807, 2.05) is 6.92 Å². The van der Waals surface area contributed by atoms with Crippen LogP contribution in [-0.4, -0.2) is 53.9 Å². The van der Waals surface area contributed by atoms with E-state index in [0.29, 0.717) is 12.2 Å². The van der Waals surface area contributed by atoms with E-state index in [1.165, 1.54) is 11.3 Å². The van der Waals surface area contributed by atoms with Crippen molar-refractivity contribution in [3.05, 3.63) is 16.6 Å². The number of nitrogens with one attached hydrogen (secondary N) is 2. The Morgan fingerprint density at radius 1 is 1.43 bits per heavy atom. The number of rotatable bonds is 6. The standard InChI is InChI=1S/C14H22N4O2S/c1-2-5-15-13(19)8-18-6-3-11(4-7-18)17-14(20)12-9-21-10-16-12/h9-11H,2-8H2,1H3,(H,15,19)(H,17,20). The summed E-state index contributed by atoms with van der Waals surface area (Å²) in [4.78, 5) is 29.7. The highest BCUT2D eigenvalue weighted by atomic mass is 32.1. The molecule has 0 aliphatic carbocycles. The van der Waals surface area contributed by atoms with Gasteiger partial charge in [0.15, 0.2) is 0 Å². The molecule has 7 heteroatoms. The zero-order valence-electron chi connectivity index (χ0n) is 12.3. The van der Waals surface area contributed by atoms with Gasteiger partial charge in [-0.1, -0.05) is 6.92 Å². The molecule has 0 bridgehead atoms. The molecule has 2 amide bonds. The molecular formula is C14H22N4O2S. The van der Waals surface area contributed by atoms with Crippen LogP contribution in [0.2, 0.25) is 0 Å². The average Bonchev–Trinajstić information content (AvgIpc) is 3.01. The first-order chi connectivity index (χ1) is 10.2. The van der Waals surface area contributed by atoms with E-state index < -0.39 is 0 Å². The molecule has 1 fully saturated rings. The third-order valence-electron chi connectivity index (χ3n) is 3.53. The Labute approximate surface area is 128 Å². The molecule has 1 aliphatic heterocycles. The quantitative estimate of drug-likeness (QED) is 0.817. The van der Waals surface area contributed by atoms with Gasteiger partial charge in [0, 0.05) is 31.1 Å². The summed E-state index contributed by atoms with van der Waals surface area (Å²) in [5.41, 5.74) is 2.15. The summed E-state index contributed by atoms with van der Waals surface area (Å²) in [6.45, 7) is 4.89. The number of amides is 2. The first kappa shape index (κ1) is 15.9. The molecule has 2 N–H and O–H groups in total. The number of carbonyl (C=O) groups excluding carboxylic acids is 2. The summed E-state index contributed by atoms with van der Waals surface area (Å²) >= 11 is 1.42. The molecule has 0 spiro atoms. The third kappa shape index (κ3) is 5.09. The molecule has 0 atom stereocenters. The van der Waals surface area contributed by atoms with Crippen molar-refractivity contribution in [2.75, 3.05) is 26.2 Å². The number of carbonyl (C=O) groups is 2. The Morgan fingerprint density at radius 3 is 2.81 bits per heavy atom. The van der Waals surface area contributed by atoms with Crippen molar-refractivity contribution < 1.29 is 9.59 Å². The van der Waals surface area contributed by atoms with E-state index in [1.54, 1.807) is 10.9 Å². The topological polar surface area (TPSA) is 74.3 Å². The Kier molecular flexibility index (Phi) is 6.13. The van der Waals surface area contributed by atoms with Crippen LogP contribution < -0.4 is 10.6 Å². The molecule has 0 radical (unpaired) electrons. The fraction of sp³-hybridized carbons (Fsp3) is 0.643. The second-order valence-electron chi connectivity index (χ2n) is 5.25. The van der Waals surface area contributed by atoms with Gasteiger partial charge >= 0.3 is 0 Å². The minimum absolute atomic E-state index is 0.0850. The highest BCUT2D eigenvalue weighted by Gasteiger charge is 2.22. The molecule has 116 valence electrons. The Morgan fingerprint density at radius 2 is 2.19 bits per heavy atom. The maximum Gasteiger partial charge on any atom is 0.270 e. The van der Waals surface area contributed by atoms with Crippen molar-refractivity contribution in [2.24, 2.45) is 0 Å². The first-order valence-corrected chi connectivity index (χ1v) is 8.31. The lowest BCUT2D eigenvalue weighted by molar-refractivity contribution is -0.122. The maximum atomic E-state index is 11.9. The number of thiazole rings is 1. The minimum atomic E-state index is -0.101. The molecular weight excluding hydrogens is 288 g/mol. The summed E-state index contributed by atoms with van der Waals surface area (Å²) in [6.07, 6.45) is 2.70. The van der Waals surface area contributed by atoms with Crippen molar-refractivity contribution in [3.8, 4) is 0 Å². The van der Waals surface area contributed by atoms with Gasteiger partial charge in [-0.05, 0) is 19.3 Å². The van der Waals surface area contributed by atoms with Crippen molar-refractivity contribution in [1.29, 1.82) is 0 Å². The van der Waals surface area contributed by atoms with Crippen LogP contribution in [0.1, 0.15) is 36.7 Å². The number of piperidine rings is 1. The molecule has 0 unspecified atom stereocenters. The van der Waals surface area contributed by atoms with Gasteiger partial charge in [-0.15, -0.1) is 11.3 Å². The van der Waals surface area contributed by atoms with Gasteiger partial charge in [-0.25, -0.2) is 4.98 Å². The number of hydrogen-bond donors (Lipinski definition) is 2. The van der Waals surface area contributed by atoms with Crippen LogP contribution in [0, 0.1) is 0 Å². The van der Waals surface area contributed by atoms with Crippen LogP contribution in [0.15, 0.2) is 10.9 Å². The SMILES string of the molecule is CCCNC(=O)CN1CCC(NC(=O)c2cscn2)CC1. The zero-order valence-corrected chi connectivity index (χ0v) is 13.1. The molecule has 6 nitrogen and oxygen atoms in total. The van der Waals surface area contributed by atoms with Crippen LogP contribution in [-0.2, 0) is 4.79 Å². The predicted octanol–water partition coefficient (Wildman–Crippen LogP) is 0.863. The maximum absolute atomic E-state index is 11.9. The summed E-state index contributed by atoms with van der Waals surface area (Å²) < 4.78 is 0. The van der Waals surface area contributed by atoms with Crippen molar-refractivity contribution >= 4 is 23.2 Å². The molecule has 0 saturated carbocycles. The zero-order chi connectivity index (χ0) is 15.1. The largest absolute Gasteiger partial charge is 0.355 e. The summed E-state index contributed by atoms with van der Waals surface area (Å²) in [6, 6.07) is 0.175.